The Labute approximate surface area is 77.3 Å². The maximum absolute atomic E-state index is 3.42. The molecule has 1 saturated heterocycles. The van der Waals surface area contributed by atoms with E-state index in [2.05, 4.69) is 24.1 Å². The first-order valence-electron chi connectivity index (χ1n) is 5.29. The van der Waals surface area contributed by atoms with Crippen LogP contribution in [0.5, 0.6) is 0 Å². The molecule has 0 aromatic carbocycles. The molecule has 2 nitrogen and oxygen atoms in total. The van der Waals surface area contributed by atoms with Gasteiger partial charge in [-0.15, -0.1) is 0 Å². The number of rotatable bonds is 1. The Kier molecular flexibility index (Phi) is 7.51. The van der Waals surface area contributed by atoms with E-state index in [1.807, 2.05) is 13.8 Å². The first-order chi connectivity index (χ1) is 5.84. The summed E-state index contributed by atoms with van der Waals surface area (Å²) in [5.41, 5.74) is 0. The minimum atomic E-state index is 0.729. The fraction of sp³-hybridized carbons (Fsp3) is 1.00. The van der Waals surface area contributed by atoms with Gasteiger partial charge < -0.3 is 5.32 Å². The van der Waals surface area contributed by atoms with Crippen molar-refractivity contribution in [1.82, 2.24) is 10.2 Å². The van der Waals surface area contributed by atoms with Crippen LogP contribution in [-0.4, -0.2) is 37.1 Å². The van der Waals surface area contributed by atoms with Gasteiger partial charge in [-0.25, -0.2) is 0 Å². The van der Waals surface area contributed by atoms with Crippen LogP contribution < -0.4 is 5.32 Å². The topological polar surface area (TPSA) is 15.3 Å². The van der Waals surface area contributed by atoms with Crippen molar-refractivity contribution >= 4 is 0 Å². The number of hydrogen-bond donors (Lipinski definition) is 1. The van der Waals surface area contributed by atoms with Gasteiger partial charge in [-0.1, -0.05) is 20.8 Å². The second kappa shape index (κ2) is 7.56. The molecule has 0 unspecified atom stereocenters. The van der Waals surface area contributed by atoms with E-state index >= 15 is 0 Å². The predicted octanol–water partition coefficient (Wildman–Crippen LogP) is 1.72. The lowest BCUT2D eigenvalue weighted by molar-refractivity contribution is 0.235. The van der Waals surface area contributed by atoms with E-state index in [0.717, 1.165) is 12.6 Å². The van der Waals surface area contributed by atoms with Crippen molar-refractivity contribution in [1.29, 1.82) is 0 Å². The van der Waals surface area contributed by atoms with Crippen LogP contribution in [0.15, 0.2) is 0 Å². The summed E-state index contributed by atoms with van der Waals surface area (Å²) in [6, 6.07) is 0.729. The molecule has 74 valence electrons. The summed E-state index contributed by atoms with van der Waals surface area (Å²) in [5.74, 6) is 0. The molecule has 1 aliphatic heterocycles. The van der Waals surface area contributed by atoms with E-state index in [1.165, 1.54) is 26.1 Å². The number of hydrogen-bond acceptors (Lipinski definition) is 2. The summed E-state index contributed by atoms with van der Waals surface area (Å²) in [6.07, 6.45) is 1.30. The van der Waals surface area contributed by atoms with Gasteiger partial charge in [0.25, 0.3) is 0 Å². The van der Waals surface area contributed by atoms with Crippen molar-refractivity contribution in [2.45, 2.75) is 40.2 Å². The third-order valence-electron chi connectivity index (χ3n) is 2.27. The molecular weight excluding hydrogens is 148 g/mol. The van der Waals surface area contributed by atoms with Gasteiger partial charge in [0.1, 0.15) is 0 Å². The molecular formula is C10H24N2. The zero-order valence-electron chi connectivity index (χ0n) is 9.06. The van der Waals surface area contributed by atoms with Crippen molar-refractivity contribution < 1.29 is 0 Å². The Morgan fingerprint density at radius 3 is 2.67 bits per heavy atom. The molecule has 0 radical (unpaired) electrons. The van der Waals surface area contributed by atoms with Crippen molar-refractivity contribution in [2.75, 3.05) is 26.2 Å². The van der Waals surface area contributed by atoms with E-state index in [9.17, 15) is 0 Å². The first kappa shape index (κ1) is 11.9. The molecule has 0 aromatic heterocycles. The Bertz CT molecular complexity index is 93.8. The van der Waals surface area contributed by atoms with Crippen LogP contribution in [0.1, 0.15) is 34.1 Å². The van der Waals surface area contributed by atoms with Gasteiger partial charge >= 0.3 is 0 Å². The molecule has 0 bridgehead atoms. The molecule has 0 aromatic rings. The summed E-state index contributed by atoms with van der Waals surface area (Å²) in [7, 11) is 0. The highest BCUT2D eigenvalue weighted by Crippen LogP contribution is 2.01. The third-order valence-corrected chi connectivity index (χ3v) is 2.27. The van der Waals surface area contributed by atoms with Gasteiger partial charge in [0.2, 0.25) is 0 Å². The molecule has 1 aliphatic rings. The lowest BCUT2D eigenvalue weighted by atomic mass is 10.3. The van der Waals surface area contributed by atoms with Gasteiger partial charge in [-0.2, -0.15) is 0 Å². The summed E-state index contributed by atoms with van der Waals surface area (Å²) in [6.45, 7) is 13.4. The van der Waals surface area contributed by atoms with Gasteiger partial charge in [0.15, 0.2) is 0 Å². The standard InChI is InChI=1S/C8H18N2.C2H6/c1-3-10-6-4-5-9-7-8(10)2;1-2/h8-9H,3-7H2,1-2H3;1-2H3/t8-;/m1./s1. The fourth-order valence-electron chi connectivity index (χ4n) is 1.54. The molecule has 1 rings (SSSR count). The van der Waals surface area contributed by atoms with Gasteiger partial charge in [0.05, 0.1) is 0 Å². The highest BCUT2D eigenvalue weighted by molar-refractivity contribution is 4.72. The predicted molar refractivity (Wildman–Crippen MR) is 55.5 cm³/mol. The molecule has 0 aliphatic carbocycles. The molecule has 1 heterocycles. The largest absolute Gasteiger partial charge is 0.315 e. The molecule has 0 spiro atoms. The van der Waals surface area contributed by atoms with Crippen molar-refractivity contribution in [3.63, 3.8) is 0 Å². The average molecular weight is 172 g/mol. The third kappa shape index (κ3) is 4.07. The zero-order valence-corrected chi connectivity index (χ0v) is 9.06. The second-order valence-corrected chi connectivity index (χ2v) is 3.04. The van der Waals surface area contributed by atoms with Crippen molar-refractivity contribution in [3.8, 4) is 0 Å². The van der Waals surface area contributed by atoms with Crippen LogP contribution in [0.3, 0.4) is 0 Å². The minimum absolute atomic E-state index is 0.729. The van der Waals surface area contributed by atoms with Crippen LogP contribution in [0, 0.1) is 0 Å². The zero-order chi connectivity index (χ0) is 9.40. The molecule has 0 amide bonds. The molecule has 2 heteroatoms. The number of nitrogens with zero attached hydrogens (tertiary/aromatic N) is 1. The van der Waals surface area contributed by atoms with Crippen molar-refractivity contribution in [2.24, 2.45) is 0 Å². The summed E-state index contributed by atoms with van der Waals surface area (Å²) in [4.78, 5) is 2.53. The van der Waals surface area contributed by atoms with Crippen LogP contribution in [0.4, 0.5) is 0 Å². The van der Waals surface area contributed by atoms with E-state index in [4.69, 9.17) is 0 Å². The van der Waals surface area contributed by atoms with Crippen LogP contribution in [0.2, 0.25) is 0 Å². The lowest BCUT2D eigenvalue weighted by Crippen LogP contribution is -2.36. The Balaban J connectivity index is 0.000000561. The molecule has 12 heavy (non-hydrogen) atoms. The van der Waals surface area contributed by atoms with Gasteiger partial charge in [0, 0.05) is 12.6 Å². The van der Waals surface area contributed by atoms with Gasteiger partial charge in [-0.3, -0.25) is 4.90 Å². The van der Waals surface area contributed by atoms with E-state index in [1.54, 1.807) is 0 Å². The normalized spacial score (nSPS) is 25.5. The smallest absolute Gasteiger partial charge is 0.0192 e. The van der Waals surface area contributed by atoms with E-state index in [0.29, 0.717) is 0 Å². The van der Waals surface area contributed by atoms with Crippen molar-refractivity contribution in [3.05, 3.63) is 0 Å². The minimum Gasteiger partial charge on any atom is -0.315 e. The quantitative estimate of drug-likeness (QED) is 0.648. The lowest BCUT2D eigenvalue weighted by Gasteiger charge is -2.24. The average Bonchev–Trinajstić information content (AvgIpc) is 2.33. The summed E-state index contributed by atoms with van der Waals surface area (Å²) < 4.78 is 0. The Morgan fingerprint density at radius 2 is 2.08 bits per heavy atom. The van der Waals surface area contributed by atoms with E-state index in [-0.39, 0.29) is 0 Å². The number of likely N-dealkylation sites (N-methyl/N-ethyl adjacent to an activating group) is 1. The second-order valence-electron chi connectivity index (χ2n) is 3.04. The molecule has 1 atom stereocenters. The Hall–Kier alpha value is -0.0800. The monoisotopic (exact) mass is 172 g/mol. The highest BCUT2D eigenvalue weighted by Gasteiger charge is 2.13. The van der Waals surface area contributed by atoms with Crippen LogP contribution in [0.25, 0.3) is 0 Å². The summed E-state index contributed by atoms with van der Waals surface area (Å²) >= 11 is 0. The molecule has 1 fully saturated rings. The fourth-order valence-corrected chi connectivity index (χ4v) is 1.54. The maximum atomic E-state index is 3.42. The summed E-state index contributed by atoms with van der Waals surface area (Å²) in [5, 5.41) is 3.42. The van der Waals surface area contributed by atoms with Crippen LogP contribution >= 0.6 is 0 Å². The Morgan fingerprint density at radius 1 is 1.42 bits per heavy atom. The maximum Gasteiger partial charge on any atom is 0.0192 e. The van der Waals surface area contributed by atoms with Crippen LogP contribution in [-0.2, 0) is 0 Å². The molecule has 1 N–H and O–H groups in total. The number of nitrogens with one attached hydrogen (secondary N) is 1. The SMILES string of the molecule is CC.CCN1CCCNC[C@H]1C. The van der Waals surface area contributed by atoms with E-state index < -0.39 is 0 Å². The first-order valence-corrected chi connectivity index (χ1v) is 5.29. The highest BCUT2D eigenvalue weighted by atomic mass is 15.2. The van der Waals surface area contributed by atoms with Gasteiger partial charge in [-0.05, 0) is 33.0 Å². The molecule has 0 saturated carbocycles.